The standard InChI is InChI=1S/C63H114NO8P/c1-3-5-7-9-11-13-15-17-19-21-23-25-27-28-29-30-31-32-34-35-37-39-41-43-45-47-49-51-53-55-62(65)69-59-61(60-71-73(67,68)70-58-57-64)72-63(66)56-54-52-50-48-46-44-42-40-38-36-33-26-24-22-20-18-16-14-12-10-8-6-4-2/h6,8,12,14,18,20,24,26,36,38,42,44,61H,3-5,7,9-11,13,15-17,19,21-23,25,27-35,37,39-41,43,45-60,64H2,1-2H3,(H,67,68)/b8-6-,14-12-,20-18-,26-24-,38-36-,44-42-. The second-order valence-electron chi connectivity index (χ2n) is 20.2. The average molecular weight is 1040 g/mol. The fraction of sp³-hybridized carbons (Fsp3) is 0.778. The summed E-state index contributed by atoms with van der Waals surface area (Å²) in [7, 11) is -4.40. The van der Waals surface area contributed by atoms with E-state index >= 15 is 0 Å². The molecule has 0 heterocycles. The predicted octanol–water partition coefficient (Wildman–Crippen LogP) is 19.3. The minimum absolute atomic E-state index is 0.0467. The van der Waals surface area contributed by atoms with Gasteiger partial charge in [0.05, 0.1) is 13.2 Å². The van der Waals surface area contributed by atoms with Gasteiger partial charge in [-0.1, -0.05) is 279 Å². The van der Waals surface area contributed by atoms with Crippen molar-refractivity contribution >= 4 is 19.8 Å². The summed E-state index contributed by atoms with van der Waals surface area (Å²) in [4.78, 5) is 35.2. The van der Waals surface area contributed by atoms with Crippen molar-refractivity contribution in [2.24, 2.45) is 5.73 Å². The van der Waals surface area contributed by atoms with Gasteiger partial charge in [0.1, 0.15) is 6.61 Å². The first-order valence-corrected chi connectivity index (χ1v) is 31.9. The highest BCUT2D eigenvalue weighted by molar-refractivity contribution is 7.47. The van der Waals surface area contributed by atoms with E-state index < -0.39 is 26.5 Å². The van der Waals surface area contributed by atoms with Gasteiger partial charge in [-0.25, -0.2) is 4.57 Å². The van der Waals surface area contributed by atoms with Crippen LogP contribution in [-0.2, 0) is 32.7 Å². The summed E-state index contributed by atoms with van der Waals surface area (Å²) in [5, 5.41) is 0. The molecule has 0 aliphatic rings. The molecule has 0 aromatic carbocycles. The highest BCUT2D eigenvalue weighted by atomic mass is 31.2. The van der Waals surface area contributed by atoms with Crippen molar-refractivity contribution in [1.29, 1.82) is 0 Å². The maximum atomic E-state index is 12.7. The SMILES string of the molecule is CC/C=C\C/C=C\C/C=C\C/C=C\C/C=C\C/C=C\CCCCCCC(=O)OC(COC(=O)CCCCCCCCCCCCCCCCCCCCCCCCCCCCCCC)COP(=O)(O)OCCN. The topological polar surface area (TPSA) is 134 Å². The van der Waals surface area contributed by atoms with Crippen molar-refractivity contribution in [2.45, 2.75) is 290 Å². The van der Waals surface area contributed by atoms with E-state index in [0.717, 1.165) is 83.5 Å². The van der Waals surface area contributed by atoms with E-state index in [4.69, 9.17) is 24.3 Å². The molecule has 0 bridgehead atoms. The number of esters is 2. The third-order valence-corrected chi connectivity index (χ3v) is 14.1. The molecule has 0 saturated carbocycles. The molecule has 0 radical (unpaired) electrons. The minimum atomic E-state index is -4.40. The van der Waals surface area contributed by atoms with Gasteiger partial charge in [-0.15, -0.1) is 0 Å². The van der Waals surface area contributed by atoms with E-state index in [-0.39, 0.29) is 38.6 Å². The van der Waals surface area contributed by atoms with E-state index in [0.29, 0.717) is 6.42 Å². The van der Waals surface area contributed by atoms with E-state index in [9.17, 15) is 19.0 Å². The van der Waals surface area contributed by atoms with Crippen molar-refractivity contribution < 1.29 is 37.6 Å². The van der Waals surface area contributed by atoms with Gasteiger partial charge in [-0.2, -0.15) is 0 Å². The molecule has 0 aromatic rings. The van der Waals surface area contributed by atoms with Crippen LogP contribution in [0.2, 0.25) is 0 Å². The number of hydrogen-bond donors (Lipinski definition) is 2. The van der Waals surface area contributed by atoms with Crippen molar-refractivity contribution in [2.75, 3.05) is 26.4 Å². The first-order valence-electron chi connectivity index (χ1n) is 30.4. The number of rotatable bonds is 57. The van der Waals surface area contributed by atoms with Crippen molar-refractivity contribution in [1.82, 2.24) is 0 Å². The van der Waals surface area contributed by atoms with Crippen LogP contribution in [0.1, 0.15) is 284 Å². The van der Waals surface area contributed by atoms with Gasteiger partial charge in [0.2, 0.25) is 0 Å². The number of carbonyl (C=O) groups excluding carboxylic acids is 2. The molecule has 10 heteroatoms. The highest BCUT2D eigenvalue weighted by Crippen LogP contribution is 2.43. The molecule has 0 spiro atoms. The summed E-state index contributed by atoms with van der Waals surface area (Å²) >= 11 is 0. The molecule has 0 rings (SSSR count). The number of unbranched alkanes of at least 4 members (excludes halogenated alkanes) is 32. The normalized spacial score (nSPS) is 13.5. The van der Waals surface area contributed by atoms with Crippen molar-refractivity contribution in [3.05, 3.63) is 72.9 Å². The monoisotopic (exact) mass is 1040 g/mol. The van der Waals surface area contributed by atoms with Gasteiger partial charge in [0.25, 0.3) is 0 Å². The van der Waals surface area contributed by atoms with E-state index in [2.05, 4.69) is 86.8 Å². The summed E-state index contributed by atoms with van der Waals surface area (Å²) in [5.41, 5.74) is 5.38. The van der Waals surface area contributed by atoms with Crippen LogP contribution in [0.4, 0.5) is 0 Å². The van der Waals surface area contributed by atoms with Crippen LogP contribution in [0.25, 0.3) is 0 Å². The number of allylic oxidation sites excluding steroid dienone is 12. The van der Waals surface area contributed by atoms with Crippen LogP contribution in [0.15, 0.2) is 72.9 Å². The average Bonchev–Trinajstić information content (AvgIpc) is 3.38. The van der Waals surface area contributed by atoms with Gasteiger partial charge in [-0.3, -0.25) is 18.6 Å². The van der Waals surface area contributed by atoms with E-state index in [1.807, 2.05) is 0 Å². The molecule has 9 nitrogen and oxygen atoms in total. The predicted molar refractivity (Wildman–Crippen MR) is 312 cm³/mol. The Hall–Kier alpha value is -2.55. The zero-order valence-electron chi connectivity index (χ0n) is 47.4. The number of ether oxygens (including phenoxy) is 2. The molecule has 0 aromatic heterocycles. The number of carbonyl (C=O) groups is 2. The lowest BCUT2D eigenvalue weighted by molar-refractivity contribution is -0.161. The zero-order chi connectivity index (χ0) is 53.1. The Bertz CT molecular complexity index is 1420. The van der Waals surface area contributed by atoms with Crippen molar-refractivity contribution in [3.8, 4) is 0 Å². The smallest absolute Gasteiger partial charge is 0.462 e. The van der Waals surface area contributed by atoms with E-state index in [1.54, 1.807) is 0 Å². The summed E-state index contributed by atoms with van der Waals surface area (Å²) in [6.45, 7) is 3.63. The number of nitrogens with two attached hydrogens (primary N) is 1. The van der Waals surface area contributed by atoms with Gasteiger partial charge >= 0.3 is 19.8 Å². The van der Waals surface area contributed by atoms with Gasteiger partial charge in [-0.05, 0) is 64.2 Å². The second-order valence-corrected chi connectivity index (χ2v) is 21.7. The van der Waals surface area contributed by atoms with Crippen LogP contribution in [0.5, 0.6) is 0 Å². The Morgan fingerprint density at radius 2 is 0.753 bits per heavy atom. The molecular weight excluding hydrogens is 930 g/mol. The number of hydrogen-bond acceptors (Lipinski definition) is 8. The van der Waals surface area contributed by atoms with Gasteiger partial charge in [0, 0.05) is 19.4 Å². The fourth-order valence-electron chi connectivity index (χ4n) is 8.64. The van der Waals surface area contributed by atoms with Crippen LogP contribution in [-0.4, -0.2) is 49.3 Å². The Morgan fingerprint density at radius 3 is 1.12 bits per heavy atom. The maximum Gasteiger partial charge on any atom is 0.472 e. The lowest BCUT2D eigenvalue weighted by atomic mass is 10.0. The summed E-state index contributed by atoms with van der Waals surface area (Å²) in [6, 6.07) is 0. The molecule has 0 amide bonds. The van der Waals surface area contributed by atoms with Crippen LogP contribution in [0, 0.1) is 0 Å². The molecule has 73 heavy (non-hydrogen) atoms. The Kier molecular flexibility index (Phi) is 56.7. The molecule has 0 saturated heterocycles. The summed E-state index contributed by atoms with van der Waals surface area (Å²) in [6.07, 6.45) is 75.5. The largest absolute Gasteiger partial charge is 0.472 e. The Balaban J connectivity index is 3.96. The molecule has 0 aliphatic carbocycles. The number of phosphoric acid groups is 1. The van der Waals surface area contributed by atoms with Crippen LogP contribution in [0.3, 0.4) is 0 Å². The summed E-state index contributed by atoms with van der Waals surface area (Å²) < 4.78 is 33.0. The third-order valence-electron chi connectivity index (χ3n) is 13.1. The van der Waals surface area contributed by atoms with Crippen molar-refractivity contribution in [3.63, 3.8) is 0 Å². The van der Waals surface area contributed by atoms with Gasteiger partial charge in [0.15, 0.2) is 6.10 Å². The second kappa shape index (κ2) is 58.7. The van der Waals surface area contributed by atoms with Gasteiger partial charge < -0.3 is 20.1 Å². The lowest BCUT2D eigenvalue weighted by Gasteiger charge is -2.19. The Morgan fingerprint density at radius 1 is 0.425 bits per heavy atom. The van der Waals surface area contributed by atoms with Crippen LogP contribution < -0.4 is 5.73 Å². The first-order chi connectivity index (χ1) is 35.8. The molecular formula is C63H114NO8P. The molecule has 0 fully saturated rings. The number of phosphoric ester groups is 1. The van der Waals surface area contributed by atoms with Crippen LogP contribution >= 0.6 is 7.82 Å². The third kappa shape index (κ3) is 58.6. The maximum absolute atomic E-state index is 12.7. The first kappa shape index (κ1) is 70.5. The quantitative estimate of drug-likeness (QED) is 0.0264. The fourth-order valence-corrected chi connectivity index (χ4v) is 9.41. The zero-order valence-corrected chi connectivity index (χ0v) is 48.3. The lowest BCUT2D eigenvalue weighted by Crippen LogP contribution is -2.29. The highest BCUT2D eigenvalue weighted by Gasteiger charge is 2.26. The minimum Gasteiger partial charge on any atom is -0.462 e. The molecule has 2 unspecified atom stereocenters. The van der Waals surface area contributed by atoms with E-state index in [1.165, 1.54) is 167 Å². The Labute approximate surface area is 450 Å². The molecule has 3 N–H and O–H groups in total. The summed E-state index contributed by atoms with van der Waals surface area (Å²) in [5.74, 6) is -0.849. The molecule has 0 aliphatic heterocycles. The molecule has 424 valence electrons. The molecule has 2 atom stereocenters.